The quantitative estimate of drug-likeness (QED) is 0.333. The maximum atomic E-state index is 12.6. The summed E-state index contributed by atoms with van der Waals surface area (Å²) in [6, 6.07) is 4.59. The number of nitrogens with two attached hydrogens (primary N) is 1. The number of esters is 4. The first-order valence-electron chi connectivity index (χ1n) is 11.6. The molecule has 0 aliphatic carbocycles. The molecule has 0 saturated carbocycles. The first kappa shape index (κ1) is 29.1. The summed E-state index contributed by atoms with van der Waals surface area (Å²) in [5, 5.41) is 0. The Bertz CT molecular complexity index is 868. The van der Waals surface area contributed by atoms with E-state index in [1.54, 1.807) is 33.8 Å². The Morgan fingerprint density at radius 3 is 2.09 bits per heavy atom. The zero-order valence-corrected chi connectivity index (χ0v) is 21.0. The lowest BCUT2D eigenvalue weighted by atomic mass is 9.86. The SMILES string of the molecule is CCCC(C)C(=O)O[C@@H](C)CC(N)(Cc1ccc(OC(=O)CC)c(OC(=O)CC)c1)C(=O)OC. The molecule has 0 bridgehead atoms. The minimum Gasteiger partial charge on any atom is -0.468 e. The summed E-state index contributed by atoms with van der Waals surface area (Å²) in [6.07, 6.45) is 1.19. The second-order valence-electron chi connectivity index (χ2n) is 8.40. The number of methoxy groups -OCH3 is 1. The van der Waals surface area contributed by atoms with Crippen molar-refractivity contribution in [3.63, 3.8) is 0 Å². The van der Waals surface area contributed by atoms with E-state index >= 15 is 0 Å². The van der Waals surface area contributed by atoms with Crippen molar-refractivity contribution in [2.75, 3.05) is 7.11 Å². The standard InChI is InChI=1S/C25H37NO8/c1-7-10-16(4)23(29)32-17(5)14-25(26,24(30)31-6)15-18-11-12-19(33-21(27)8-2)20(13-18)34-22(28)9-3/h11-13,16-17H,7-10,14-15,26H2,1-6H3/t16?,17-,25?/m0/s1. The van der Waals surface area contributed by atoms with Gasteiger partial charge in [-0.05, 0) is 31.0 Å². The molecule has 0 spiro atoms. The van der Waals surface area contributed by atoms with Crippen LogP contribution >= 0.6 is 0 Å². The number of ether oxygens (including phenoxy) is 4. The highest BCUT2D eigenvalue weighted by molar-refractivity contribution is 5.81. The average molecular weight is 480 g/mol. The van der Waals surface area contributed by atoms with Crippen molar-refractivity contribution in [3.8, 4) is 11.5 Å². The van der Waals surface area contributed by atoms with Crippen molar-refractivity contribution in [3.05, 3.63) is 23.8 Å². The molecule has 9 heteroatoms. The van der Waals surface area contributed by atoms with Gasteiger partial charge in [0.1, 0.15) is 11.6 Å². The van der Waals surface area contributed by atoms with Crippen molar-refractivity contribution in [1.82, 2.24) is 0 Å². The first-order chi connectivity index (χ1) is 16.0. The molecule has 0 heterocycles. The predicted molar refractivity (Wildman–Crippen MR) is 125 cm³/mol. The maximum absolute atomic E-state index is 12.6. The van der Waals surface area contributed by atoms with E-state index in [2.05, 4.69) is 0 Å². The van der Waals surface area contributed by atoms with E-state index in [4.69, 9.17) is 24.7 Å². The molecule has 0 aliphatic rings. The molecule has 1 aromatic carbocycles. The summed E-state index contributed by atoms with van der Waals surface area (Å²) in [4.78, 5) is 48.5. The van der Waals surface area contributed by atoms with Gasteiger partial charge in [-0.15, -0.1) is 0 Å². The Morgan fingerprint density at radius 2 is 1.56 bits per heavy atom. The van der Waals surface area contributed by atoms with Crippen molar-refractivity contribution in [1.29, 1.82) is 0 Å². The van der Waals surface area contributed by atoms with Crippen LogP contribution in [0.5, 0.6) is 11.5 Å². The molecule has 9 nitrogen and oxygen atoms in total. The summed E-state index contributed by atoms with van der Waals surface area (Å²) < 4.78 is 21.0. The van der Waals surface area contributed by atoms with Crippen LogP contribution in [-0.2, 0) is 35.1 Å². The van der Waals surface area contributed by atoms with Crippen LogP contribution in [0, 0.1) is 5.92 Å². The number of benzene rings is 1. The van der Waals surface area contributed by atoms with Crippen molar-refractivity contribution >= 4 is 23.9 Å². The zero-order valence-electron chi connectivity index (χ0n) is 21.0. The molecule has 0 aliphatic heterocycles. The van der Waals surface area contributed by atoms with Crippen LogP contribution in [0.3, 0.4) is 0 Å². The molecule has 2 N–H and O–H groups in total. The van der Waals surface area contributed by atoms with Crippen LogP contribution in [-0.4, -0.2) is 42.6 Å². The summed E-state index contributed by atoms with van der Waals surface area (Å²) in [7, 11) is 1.23. The summed E-state index contributed by atoms with van der Waals surface area (Å²) in [5.74, 6) is -2.15. The monoisotopic (exact) mass is 479 g/mol. The third kappa shape index (κ3) is 8.78. The van der Waals surface area contributed by atoms with Gasteiger partial charge in [0.15, 0.2) is 11.5 Å². The zero-order chi connectivity index (χ0) is 25.9. The van der Waals surface area contributed by atoms with Crippen LogP contribution in [0.2, 0.25) is 0 Å². The highest BCUT2D eigenvalue weighted by Crippen LogP contribution is 2.31. The normalized spacial score (nSPS) is 14.3. The van der Waals surface area contributed by atoms with E-state index in [-0.39, 0.29) is 49.1 Å². The minimum absolute atomic E-state index is 0.00472. The van der Waals surface area contributed by atoms with Crippen molar-refractivity contribution < 1.29 is 38.1 Å². The molecule has 0 aromatic heterocycles. The minimum atomic E-state index is -1.52. The van der Waals surface area contributed by atoms with Gasteiger partial charge in [0.2, 0.25) is 0 Å². The van der Waals surface area contributed by atoms with Gasteiger partial charge in [-0.1, -0.05) is 40.2 Å². The van der Waals surface area contributed by atoms with Gasteiger partial charge in [0.25, 0.3) is 0 Å². The molecule has 34 heavy (non-hydrogen) atoms. The molecule has 1 rings (SSSR count). The lowest BCUT2D eigenvalue weighted by Crippen LogP contribution is -2.53. The molecule has 190 valence electrons. The Hall–Kier alpha value is -2.94. The topological polar surface area (TPSA) is 131 Å². The summed E-state index contributed by atoms with van der Waals surface area (Å²) >= 11 is 0. The molecule has 1 aromatic rings. The van der Waals surface area contributed by atoms with Crippen LogP contribution in [0.25, 0.3) is 0 Å². The van der Waals surface area contributed by atoms with Gasteiger partial charge in [-0.3, -0.25) is 19.2 Å². The van der Waals surface area contributed by atoms with E-state index in [0.717, 1.165) is 6.42 Å². The number of hydrogen-bond donors (Lipinski definition) is 1. The largest absolute Gasteiger partial charge is 0.468 e. The number of carbonyl (C=O) groups excluding carboxylic acids is 4. The Kier molecular flexibility index (Phi) is 11.7. The van der Waals surface area contributed by atoms with Gasteiger partial charge < -0.3 is 24.7 Å². The van der Waals surface area contributed by atoms with Gasteiger partial charge in [-0.2, -0.15) is 0 Å². The van der Waals surface area contributed by atoms with E-state index < -0.39 is 29.6 Å². The third-order valence-corrected chi connectivity index (χ3v) is 5.24. The van der Waals surface area contributed by atoms with E-state index in [1.807, 2.05) is 6.92 Å². The fourth-order valence-electron chi connectivity index (χ4n) is 3.43. The van der Waals surface area contributed by atoms with E-state index in [1.165, 1.54) is 19.2 Å². The lowest BCUT2D eigenvalue weighted by molar-refractivity contribution is -0.157. The predicted octanol–water partition coefficient (Wildman–Crippen LogP) is 3.49. The Balaban J connectivity index is 3.16. The highest BCUT2D eigenvalue weighted by atomic mass is 16.6. The lowest BCUT2D eigenvalue weighted by Gasteiger charge is -2.30. The molecule has 0 radical (unpaired) electrons. The molecule has 2 unspecified atom stereocenters. The van der Waals surface area contributed by atoms with Gasteiger partial charge in [0, 0.05) is 25.7 Å². The highest BCUT2D eigenvalue weighted by Gasteiger charge is 2.38. The molecule has 0 amide bonds. The fraction of sp³-hybridized carbons (Fsp3) is 0.600. The maximum Gasteiger partial charge on any atom is 0.326 e. The van der Waals surface area contributed by atoms with E-state index in [9.17, 15) is 19.2 Å². The van der Waals surface area contributed by atoms with Crippen LogP contribution in [0.4, 0.5) is 0 Å². The Morgan fingerprint density at radius 1 is 0.971 bits per heavy atom. The smallest absolute Gasteiger partial charge is 0.326 e. The van der Waals surface area contributed by atoms with Crippen LogP contribution < -0.4 is 15.2 Å². The second kappa shape index (κ2) is 13.7. The number of hydrogen-bond acceptors (Lipinski definition) is 9. The van der Waals surface area contributed by atoms with E-state index in [0.29, 0.717) is 12.0 Å². The third-order valence-electron chi connectivity index (χ3n) is 5.24. The van der Waals surface area contributed by atoms with Gasteiger partial charge >= 0.3 is 23.9 Å². The van der Waals surface area contributed by atoms with Gasteiger partial charge in [0.05, 0.1) is 13.0 Å². The Labute approximate surface area is 201 Å². The molecule has 3 atom stereocenters. The second-order valence-corrected chi connectivity index (χ2v) is 8.40. The van der Waals surface area contributed by atoms with Crippen molar-refractivity contribution in [2.45, 2.75) is 84.8 Å². The van der Waals surface area contributed by atoms with Gasteiger partial charge in [-0.25, -0.2) is 0 Å². The molecule has 0 saturated heterocycles. The number of carbonyl (C=O) groups is 4. The molecular weight excluding hydrogens is 442 g/mol. The number of rotatable bonds is 13. The molecule has 0 fully saturated rings. The summed E-state index contributed by atoms with van der Waals surface area (Å²) in [5.41, 5.74) is 5.48. The first-order valence-corrected chi connectivity index (χ1v) is 11.6. The van der Waals surface area contributed by atoms with Crippen molar-refractivity contribution in [2.24, 2.45) is 11.7 Å². The van der Waals surface area contributed by atoms with Crippen LogP contribution in [0.15, 0.2) is 18.2 Å². The van der Waals surface area contributed by atoms with Crippen LogP contribution in [0.1, 0.15) is 72.3 Å². The summed E-state index contributed by atoms with van der Waals surface area (Å²) in [6.45, 7) is 8.72. The fourth-order valence-corrected chi connectivity index (χ4v) is 3.43. The molecular formula is C25H37NO8. The average Bonchev–Trinajstić information content (AvgIpc) is 2.79.